The highest BCUT2D eigenvalue weighted by molar-refractivity contribution is 7.90. The van der Waals surface area contributed by atoms with Gasteiger partial charge >= 0.3 is 0 Å². The number of nitrogens with zero attached hydrogens (tertiary/aromatic N) is 1. The van der Waals surface area contributed by atoms with Crippen LogP contribution < -0.4 is 4.74 Å². The minimum Gasteiger partial charge on any atom is -0.494 e. The van der Waals surface area contributed by atoms with Crippen LogP contribution in [0.2, 0.25) is 5.02 Å². The standard InChI is InChI=1S/C20H23ClFNO4S/c1-28(24,25)17-6-4-16(5-7-17)26-11-2-9-23-10-12-27-20(14-23)15-3-8-19(22)18(21)13-15/h3-8,13,20H,2,9-12,14H2,1H3. The molecule has 0 saturated carbocycles. The van der Waals surface area contributed by atoms with E-state index in [2.05, 4.69) is 4.90 Å². The molecule has 5 nitrogen and oxygen atoms in total. The van der Waals surface area contributed by atoms with Gasteiger partial charge in [0.05, 0.1) is 29.2 Å². The van der Waals surface area contributed by atoms with Gasteiger partial charge in [-0.25, -0.2) is 12.8 Å². The van der Waals surface area contributed by atoms with Crippen molar-refractivity contribution in [1.82, 2.24) is 4.90 Å². The summed E-state index contributed by atoms with van der Waals surface area (Å²) < 4.78 is 47.8. The Labute approximate surface area is 169 Å². The number of morpholine rings is 1. The van der Waals surface area contributed by atoms with Crippen LogP contribution in [-0.2, 0) is 14.6 Å². The topological polar surface area (TPSA) is 55.8 Å². The van der Waals surface area contributed by atoms with Gasteiger partial charge in [0, 0.05) is 25.9 Å². The quantitative estimate of drug-likeness (QED) is 0.630. The highest BCUT2D eigenvalue weighted by atomic mass is 35.5. The Morgan fingerprint density at radius 2 is 2.00 bits per heavy atom. The predicted octanol–water partition coefficient (Wildman–Crippen LogP) is 3.73. The maximum Gasteiger partial charge on any atom is 0.175 e. The molecule has 2 aromatic rings. The van der Waals surface area contributed by atoms with Gasteiger partial charge in [-0.2, -0.15) is 0 Å². The molecule has 1 unspecified atom stereocenters. The Morgan fingerprint density at radius 3 is 2.68 bits per heavy atom. The minimum absolute atomic E-state index is 0.105. The van der Waals surface area contributed by atoms with Crippen molar-refractivity contribution in [2.45, 2.75) is 17.4 Å². The van der Waals surface area contributed by atoms with Crippen LogP contribution in [0.4, 0.5) is 4.39 Å². The summed E-state index contributed by atoms with van der Waals surface area (Å²) in [6.45, 7) is 3.52. The summed E-state index contributed by atoms with van der Waals surface area (Å²) in [5.74, 6) is 0.216. The van der Waals surface area contributed by atoms with Crippen molar-refractivity contribution < 1.29 is 22.3 Å². The van der Waals surface area contributed by atoms with Crippen LogP contribution in [0.5, 0.6) is 5.75 Å². The lowest BCUT2D eigenvalue weighted by molar-refractivity contribution is -0.0310. The van der Waals surface area contributed by atoms with Gasteiger partial charge < -0.3 is 9.47 Å². The third kappa shape index (κ3) is 5.67. The molecule has 1 heterocycles. The third-order valence-corrected chi connectivity index (χ3v) is 6.02. The van der Waals surface area contributed by atoms with Gasteiger partial charge in [0.15, 0.2) is 9.84 Å². The van der Waals surface area contributed by atoms with Crippen LogP contribution in [0, 0.1) is 5.82 Å². The molecule has 28 heavy (non-hydrogen) atoms. The van der Waals surface area contributed by atoms with E-state index in [-0.39, 0.29) is 16.0 Å². The van der Waals surface area contributed by atoms with E-state index in [9.17, 15) is 12.8 Å². The zero-order valence-corrected chi connectivity index (χ0v) is 17.2. The lowest BCUT2D eigenvalue weighted by Crippen LogP contribution is -2.39. The first-order valence-corrected chi connectivity index (χ1v) is 11.3. The molecular formula is C20H23ClFNO4S. The number of hydrogen-bond donors (Lipinski definition) is 0. The first-order valence-electron chi connectivity index (χ1n) is 9.05. The fourth-order valence-electron chi connectivity index (χ4n) is 3.08. The van der Waals surface area contributed by atoms with Gasteiger partial charge in [0.1, 0.15) is 11.6 Å². The minimum atomic E-state index is -3.20. The van der Waals surface area contributed by atoms with E-state index >= 15 is 0 Å². The van der Waals surface area contributed by atoms with Gasteiger partial charge in [-0.15, -0.1) is 0 Å². The number of rotatable bonds is 7. The summed E-state index contributed by atoms with van der Waals surface area (Å²) in [7, 11) is -3.20. The number of hydrogen-bond acceptors (Lipinski definition) is 5. The van der Waals surface area contributed by atoms with Gasteiger partial charge in [-0.1, -0.05) is 17.7 Å². The van der Waals surface area contributed by atoms with E-state index in [1.807, 2.05) is 0 Å². The first kappa shape index (κ1) is 21.0. The Hall–Kier alpha value is -1.67. The molecule has 1 saturated heterocycles. The van der Waals surface area contributed by atoms with Gasteiger partial charge in [-0.05, 0) is 48.4 Å². The molecule has 1 fully saturated rings. The second-order valence-corrected chi connectivity index (χ2v) is 9.20. The average Bonchev–Trinajstić information content (AvgIpc) is 2.67. The Balaban J connectivity index is 1.45. The summed E-state index contributed by atoms with van der Waals surface area (Å²) >= 11 is 5.87. The Morgan fingerprint density at radius 1 is 1.25 bits per heavy atom. The molecule has 0 radical (unpaired) electrons. The van der Waals surface area contributed by atoms with Crippen molar-refractivity contribution >= 4 is 21.4 Å². The number of sulfone groups is 1. The van der Waals surface area contributed by atoms with E-state index < -0.39 is 15.7 Å². The lowest BCUT2D eigenvalue weighted by atomic mass is 10.1. The molecule has 152 valence electrons. The smallest absolute Gasteiger partial charge is 0.175 e. The SMILES string of the molecule is CS(=O)(=O)c1ccc(OCCCN2CCOC(c3ccc(F)c(Cl)c3)C2)cc1. The van der Waals surface area contributed by atoms with E-state index in [0.717, 1.165) is 25.1 Å². The molecule has 3 rings (SSSR count). The van der Waals surface area contributed by atoms with Crippen molar-refractivity contribution in [3.8, 4) is 5.75 Å². The molecule has 1 aliphatic rings. The maximum absolute atomic E-state index is 13.3. The zero-order valence-electron chi connectivity index (χ0n) is 15.6. The molecule has 1 aliphatic heterocycles. The Bertz CT molecular complexity index is 905. The van der Waals surface area contributed by atoms with Crippen molar-refractivity contribution in [3.05, 3.63) is 58.9 Å². The predicted molar refractivity (Wildman–Crippen MR) is 106 cm³/mol. The number of benzene rings is 2. The van der Waals surface area contributed by atoms with Crippen molar-refractivity contribution in [3.63, 3.8) is 0 Å². The molecule has 0 bridgehead atoms. The molecule has 0 aliphatic carbocycles. The van der Waals surface area contributed by atoms with Gasteiger partial charge in [0.25, 0.3) is 0 Å². The van der Waals surface area contributed by atoms with Crippen molar-refractivity contribution in [2.75, 3.05) is 39.1 Å². The number of halogens is 2. The second-order valence-electron chi connectivity index (χ2n) is 6.78. The van der Waals surface area contributed by atoms with E-state index in [1.54, 1.807) is 36.4 Å². The highest BCUT2D eigenvalue weighted by Crippen LogP contribution is 2.26. The zero-order chi connectivity index (χ0) is 20.1. The largest absolute Gasteiger partial charge is 0.494 e. The molecule has 0 spiro atoms. The molecule has 8 heteroatoms. The second kappa shape index (κ2) is 9.22. The molecule has 2 aromatic carbocycles. The summed E-state index contributed by atoms with van der Waals surface area (Å²) in [6, 6.07) is 11.1. The van der Waals surface area contributed by atoms with Crippen LogP contribution in [0.1, 0.15) is 18.1 Å². The van der Waals surface area contributed by atoms with Gasteiger partial charge in [0.2, 0.25) is 0 Å². The number of ether oxygens (including phenoxy) is 2. The van der Waals surface area contributed by atoms with Crippen LogP contribution in [0.3, 0.4) is 0 Å². The van der Waals surface area contributed by atoms with Crippen LogP contribution in [-0.4, -0.2) is 52.4 Å². The average molecular weight is 428 g/mol. The molecule has 1 atom stereocenters. The Kier molecular flexibility index (Phi) is 6.93. The third-order valence-electron chi connectivity index (χ3n) is 4.61. The normalized spacial score (nSPS) is 18.2. The van der Waals surface area contributed by atoms with Crippen molar-refractivity contribution in [1.29, 1.82) is 0 Å². The van der Waals surface area contributed by atoms with E-state index in [1.165, 1.54) is 12.3 Å². The maximum atomic E-state index is 13.3. The molecular weight excluding hydrogens is 405 g/mol. The van der Waals surface area contributed by atoms with E-state index in [4.69, 9.17) is 21.1 Å². The van der Waals surface area contributed by atoms with Crippen LogP contribution in [0.15, 0.2) is 47.4 Å². The summed E-state index contributed by atoms with van der Waals surface area (Å²) in [4.78, 5) is 2.56. The highest BCUT2D eigenvalue weighted by Gasteiger charge is 2.22. The molecule has 0 aromatic heterocycles. The monoisotopic (exact) mass is 427 g/mol. The fourth-order valence-corrected chi connectivity index (χ4v) is 3.90. The fraction of sp³-hybridized carbons (Fsp3) is 0.400. The van der Waals surface area contributed by atoms with Crippen molar-refractivity contribution in [2.24, 2.45) is 0 Å². The lowest BCUT2D eigenvalue weighted by Gasteiger charge is -2.33. The van der Waals surface area contributed by atoms with Crippen LogP contribution in [0.25, 0.3) is 0 Å². The van der Waals surface area contributed by atoms with Crippen LogP contribution >= 0.6 is 11.6 Å². The summed E-state index contributed by atoms with van der Waals surface area (Å²) in [5.41, 5.74) is 0.873. The molecule has 0 N–H and O–H groups in total. The summed E-state index contributed by atoms with van der Waals surface area (Å²) in [5, 5.41) is 0.105. The van der Waals surface area contributed by atoms with E-state index in [0.29, 0.717) is 25.5 Å². The molecule has 0 amide bonds. The van der Waals surface area contributed by atoms with Gasteiger partial charge in [-0.3, -0.25) is 4.90 Å². The summed E-state index contributed by atoms with van der Waals surface area (Å²) in [6.07, 6.45) is 1.87. The first-order chi connectivity index (χ1) is 13.3.